The van der Waals surface area contributed by atoms with Gasteiger partial charge in [0, 0.05) is 91.6 Å². The maximum atomic E-state index is 5.48. The summed E-state index contributed by atoms with van der Waals surface area (Å²) in [4.78, 5) is 10.2. The summed E-state index contributed by atoms with van der Waals surface area (Å²) in [6.45, 7) is 18.0. The minimum atomic E-state index is 0.615. The lowest BCUT2D eigenvalue weighted by Gasteiger charge is -2.38. The van der Waals surface area contributed by atoms with Gasteiger partial charge in [-0.2, -0.15) is 0 Å². The van der Waals surface area contributed by atoms with Crippen LogP contribution in [0.4, 0.5) is 0 Å². The van der Waals surface area contributed by atoms with Gasteiger partial charge in [-0.25, -0.2) is 0 Å². The minimum absolute atomic E-state index is 0.615. The van der Waals surface area contributed by atoms with Crippen molar-refractivity contribution in [3.05, 3.63) is 0 Å². The van der Waals surface area contributed by atoms with Gasteiger partial charge >= 0.3 is 0 Å². The summed E-state index contributed by atoms with van der Waals surface area (Å²) in [6.07, 6.45) is 0. The van der Waals surface area contributed by atoms with E-state index in [9.17, 15) is 0 Å². The van der Waals surface area contributed by atoms with E-state index in [1.54, 1.807) is 0 Å². The van der Waals surface area contributed by atoms with Crippen LogP contribution in [0.25, 0.3) is 0 Å². The van der Waals surface area contributed by atoms with Crippen molar-refractivity contribution in [3.63, 3.8) is 0 Å². The molecule has 2 aliphatic rings. The molecule has 8 heteroatoms. The molecule has 26 heavy (non-hydrogen) atoms. The third-order valence-electron chi connectivity index (χ3n) is 5.29. The molecular weight excluding hydrogens is 332 g/mol. The first-order valence-corrected chi connectivity index (χ1v) is 10.3. The van der Waals surface area contributed by atoms with Crippen LogP contribution in [0.1, 0.15) is 0 Å². The van der Waals surface area contributed by atoms with Crippen molar-refractivity contribution in [3.8, 4) is 0 Å². The molecule has 0 aromatic heterocycles. The highest BCUT2D eigenvalue weighted by atomic mass is 16.5. The molecule has 0 aliphatic carbocycles. The average Bonchev–Trinajstić information content (AvgIpc) is 2.69. The fraction of sp³-hybridized carbons (Fsp3) is 1.00. The van der Waals surface area contributed by atoms with E-state index >= 15 is 0 Å². The standard InChI is InChI=1S/C18H40N6O2/c19-1-15-25-17-13-23-9-5-21(6-10-23)3-4-22-7-11-24(12-8-22)14-18-26-16-2-20/h1-20H2. The summed E-state index contributed by atoms with van der Waals surface area (Å²) < 4.78 is 11.0. The number of ether oxygens (including phenoxy) is 2. The molecule has 2 saturated heterocycles. The predicted molar refractivity (Wildman–Crippen MR) is 106 cm³/mol. The zero-order chi connectivity index (χ0) is 18.5. The quantitative estimate of drug-likeness (QED) is 0.366. The monoisotopic (exact) mass is 372 g/mol. The first kappa shape index (κ1) is 22.0. The molecule has 0 aromatic rings. The average molecular weight is 373 g/mol. The highest BCUT2D eigenvalue weighted by Crippen LogP contribution is 2.05. The molecule has 0 amide bonds. The van der Waals surface area contributed by atoms with Gasteiger partial charge in [0.25, 0.3) is 0 Å². The maximum Gasteiger partial charge on any atom is 0.0594 e. The maximum absolute atomic E-state index is 5.48. The van der Waals surface area contributed by atoms with Gasteiger partial charge in [0.2, 0.25) is 0 Å². The smallest absolute Gasteiger partial charge is 0.0594 e. The van der Waals surface area contributed by atoms with E-state index in [-0.39, 0.29) is 0 Å². The third-order valence-corrected chi connectivity index (χ3v) is 5.29. The lowest BCUT2D eigenvalue weighted by atomic mass is 10.3. The van der Waals surface area contributed by atoms with Crippen molar-refractivity contribution in [1.82, 2.24) is 19.6 Å². The molecule has 4 N–H and O–H groups in total. The van der Waals surface area contributed by atoms with E-state index in [0.717, 1.165) is 52.5 Å². The molecule has 0 saturated carbocycles. The van der Waals surface area contributed by atoms with E-state index < -0.39 is 0 Å². The van der Waals surface area contributed by atoms with Gasteiger partial charge in [0.05, 0.1) is 26.4 Å². The topological polar surface area (TPSA) is 83.5 Å². The van der Waals surface area contributed by atoms with E-state index in [1.165, 1.54) is 39.3 Å². The second kappa shape index (κ2) is 13.8. The van der Waals surface area contributed by atoms with Crippen molar-refractivity contribution >= 4 is 0 Å². The summed E-state index contributed by atoms with van der Waals surface area (Å²) in [7, 11) is 0. The molecule has 0 aromatic carbocycles. The number of hydrogen-bond acceptors (Lipinski definition) is 8. The number of hydrogen-bond donors (Lipinski definition) is 2. The van der Waals surface area contributed by atoms with Crippen LogP contribution in [0, 0.1) is 0 Å². The van der Waals surface area contributed by atoms with Crippen molar-refractivity contribution in [1.29, 1.82) is 0 Å². The van der Waals surface area contributed by atoms with Gasteiger partial charge in [-0.1, -0.05) is 0 Å². The van der Waals surface area contributed by atoms with Crippen LogP contribution in [0.2, 0.25) is 0 Å². The van der Waals surface area contributed by atoms with Crippen LogP contribution in [-0.2, 0) is 9.47 Å². The van der Waals surface area contributed by atoms with E-state index in [2.05, 4.69) is 19.6 Å². The number of rotatable bonds is 13. The molecule has 8 nitrogen and oxygen atoms in total. The molecule has 2 aliphatic heterocycles. The molecule has 2 heterocycles. The molecule has 154 valence electrons. The summed E-state index contributed by atoms with van der Waals surface area (Å²) >= 11 is 0. The van der Waals surface area contributed by atoms with Crippen LogP contribution in [0.5, 0.6) is 0 Å². The molecule has 2 fully saturated rings. The van der Waals surface area contributed by atoms with Gasteiger partial charge in [-0.05, 0) is 0 Å². The Kier molecular flexibility index (Phi) is 11.7. The highest BCUT2D eigenvalue weighted by molar-refractivity contribution is 4.76. The van der Waals surface area contributed by atoms with Crippen molar-refractivity contribution in [2.24, 2.45) is 11.5 Å². The van der Waals surface area contributed by atoms with Crippen LogP contribution in [0.3, 0.4) is 0 Å². The van der Waals surface area contributed by atoms with E-state index in [1.807, 2.05) is 0 Å². The summed E-state index contributed by atoms with van der Waals surface area (Å²) in [5.41, 5.74) is 10.9. The van der Waals surface area contributed by atoms with Crippen molar-refractivity contribution in [2.75, 3.05) is 118 Å². The summed E-state index contributed by atoms with van der Waals surface area (Å²) in [6, 6.07) is 0. The van der Waals surface area contributed by atoms with Crippen molar-refractivity contribution in [2.45, 2.75) is 0 Å². The molecule has 0 atom stereocenters. The zero-order valence-electron chi connectivity index (χ0n) is 16.5. The van der Waals surface area contributed by atoms with Gasteiger partial charge < -0.3 is 20.9 Å². The van der Waals surface area contributed by atoms with Gasteiger partial charge in [-0.15, -0.1) is 0 Å². The fourth-order valence-electron chi connectivity index (χ4n) is 3.51. The lowest BCUT2D eigenvalue weighted by molar-refractivity contribution is 0.0614. The van der Waals surface area contributed by atoms with E-state index in [0.29, 0.717) is 26.3 Å². The first-order valence-electron chi connectivity index (χ1n) is 10.3. The summed E-state index contributed by atoms with van der Waals surface area (Å²) in [5, 5.41) is 0. The normalized spacial score (nSPS) is 21.5. The molecule has 0 radical (unpaired) electrons. The Labute approximate surface area is 159 Å². The Bertz CT molecular complexity index is 302. The second-order valence-electron chi connectivity index (χ2n) is 7.17. The Balaban J connectivity index is 1.47. The largest absolute Gasteiger partial charge is 0.379 e. The third kappa shape index (κ3) is 9.05. The predicted octanol–water partition coefficient (Wildman–Crippen LogP) is -1.83. The molecule has 2 rings (SSSR count). The Morgan fingerprint density at radius 1 is 0.462 bits per heavy atom. The van der Waals surface area contributed by atoms with E-state index in [4.69, 9.17) is 20.9 Å². The highest BCUT2D eigenvalue weighted by Gasteiger charge is 2.19. The second-order valence-corrected chi connectivity index (χ2v) is 7.17. The van der Waals surface area contributed by atoms with Crippen LogP contribution in [-0.4, -0.2) is 138 Å². The SMILES string of the molecule is NCCOCCN1CCN(CCN2CCN(CCOCCN)CC2)CC1. The number of piperazine rings is 2. The Morgan fingerprint density at radius 2 is 0.769 bits per heavy atom. The minimum Gasteiger partial charge on any atom is -0.379 e. The van der Waals surface area contributed by atoms with Gasteiger partial charge in [-0.3, -0.25) is 19.6 Å². The summed E-state index contributed by atoms with van der Waals surface area (Å²) in [5.74, 6) is 0. The fourth-order valence-corrected chi connectivity index (χ4v) is 3.51. The number of nitrogens with zero attached hydrogens (tertiary/aromatic N) is 4. The Morgan fingerprint density at radius 3 is 1.08 bits per heavy atom. The van der Waals surface area contributed by atoms with Crippen LogP contribution >= 0.6 is 0 Å². The molecule has 0 spiro atoms. The molecule has 0 bridgehead atoms. The zero-order valence-corrected chi connectivity index (χ0v) is 16.5. The van der Waals surface area contributed by atoms with Crippen molar-refractivity contribution < 1.29 is 9.47 Å². The molecule has 0 unspecified atom stereocenters. The van der Waals surface area contributed by atoms with Gasteiger partial charge in [0.1, 0.15) is 0 Å². The first-order chi connectivity index (χ1) is 12.8. The molecular formula is C18H40N6O2. The number of nitrogens with two attached hydrogens (primary N) is 2. The van der Waals surface area contributed by atoms with Gasteiger partial charge in [0.15, 0.2) is 0 Å². The van der Waals surface area contributed by atoms with Crippen LogP contribution < -0.4 is 11.5 Å². The lowest BCUT2D eigenvalue weighted by Crippen LogP contribution is -2.52. The Hall–Kier alpha value is -0.320. The van der Waals surface area contributed by atoms with Crippen LogP contribution in [0.15, 0.2) is 0 Å².